The van der Waals surface area contributed by atoms with E-state index in [0.29, 0.717) is 12.0 Å². The number of hydrazone groups is 1. The lowest BCUT2D eigenvalue weighted by molar-refractivity contribution is -0.147. The Bertz CT molecular complexity index is 873. The third-order valence-electron chi connectivity index (χ3n) is 5.86. The first-order valence-electron chi connectivity index (χ1n) is 9.24. The summed E-state index contributed by atoms with van der Waals surface area (Å²) in [5, 5.41) is 7.04. The zero-order valence-corrected chi connectivity index (χ0v) is 14.9. The van der Waals surface area contributed by atoms with Crippen molar-refractivity contribution in [3.63, 3.8) is 0 Å². The quantitative estimate of drug-likeness (QED) is 0.782. The molecular formula is C21H22FN3O. The van der Waals surface area contributed by atoms with Crippen molar-refractivity contribution in [2.45, 2.75) is 31.0 Å². The first-order valence-corrected chi connectivity index (χ1v) is 9.24. The Hall–Kier alpha value is -2.40. The normalized spacial score (nSPS) is 24.0. The van der Waals surface area contributed by atoms with E-state index in [1.807, 2.05) is 30.3 Å². The summed E-state index contributed by atoms with van der Waals surface area (Å²) in [4.78, 5) is 2.32. The smallest absolute Gasteiger partial charge is 0.200 e. The molecule has 134 valence electrons. The molecule has 26 heavy (non-hydrogen) atoms. The van der Waals surface area contributed by atoms with Crippen LogP contribution in [0.5, 0.6) is 5.75 Å². The number of fused-ring (bicyclic) bond motifs is 4. The summed E-state index contributed by atoms with van der Waals surface area (Å²) in [5.74, 6) is 0.737. The van der Waals surface area contributed by atoms with E-state index in [2.05, 4.69) is 23.0 Å². The third kappa shape index (κ3) is 2.34. The molecule has 3 aliphatic heterocycles. The maximum atomic E-state index is 14.4. The fourth-order valence-electron chi connectivity index (χ4n) is 4.39. The highest BCUT2D eigenvalue weighted by molar-refractivity contribution is 6.02. The van der Waals surface area contributed by atoms with E-state index in [0.717, 1.165) is 43.0 Å². The number of ether oxygens (including phenoxy) is 1. The highest BCUT2D eigenvalue weighted by atomic mass is 19.1. The number of halogens is 1. The van der Waals surface area contributed by atoms with E-state index >= 15 is 0 Å². The predicted octanol–water partition coefficient (Wildman–Crippen LogP) is 3.79. The van der Waals surface area contributed by atoms with E-state index in [1.165, 1.54) is 6.07 Å². The van der Waals surface area contributed by atoms with Gasteiger partial charge in [0.2, 0.25) is 5.72 Å². The number of nitrogens with zero attached hydrogens (tertiary/aromatic N) is 3. The van der Waals surface area contributed by atoms with Crippen LogP contribution in [0.25, 0.3) is 0 Å². The summed E-state index contributed by atoms with van der Waals surface area (Å²) in [6.07, 6.45) is 2.49. The summed E-state index contributed by atoms with van der Waals surface area (Å²) >= 11 is 0. The lowest BCUT2D eigenvalue weighted by atomic mass is 9.91. The van der Waals surface area contributed by atoms with Crippen molar-refractivity contribution in [1.29, 1.82) is 0 Å². The van der Waals surface area contributed by atoms with Crippen LogP contribution in [0.15, 0.2) is 53.6 Å². The molecule has 1 spiro atoms. The SMILES string of the molecule is CN1CCC2(CC1)Oc1ccccc1[C@H]1CC(c3ccccc3F)=NN12. The van der Waals surface area contributed by atoms with Crippen LogP contribution in [0.1, 0.15) is 36.4 Å². The van der Waals surface area contributed by atoms with E-state index in [1.54, 1.807) is 6.07 Å². The largest absolute Gasteiger partial charge is 0.466 e. The number of para-hydroxylation sites is 1. The van der Waals surface area contributed by atoms with Crippen molar-refractivity contribution in [1.82, 2.24) is 9.91 Å². The van der Waals surface area contributed by atoms with Gasteiger partial charge in [0, 0.05) is 43.5 Å². The minimum absolute atomic E-state index is 0.109. The second-order valence-corrected chi connectivity index (χ2v) is 7.48. The molecule has 2 aromatic carbocycles. The first kappa shape index (κ1) is 15.8. The Kier molecular flexibility index (Phi) is 3.54. The number of benzene rings is 2. The molecule has 1 fully saturated rings. The van der Waals surface area contributed by atoms with Gasteiger partial charge >= 0.3 is 0 Å². The maximum absolute atomic E-state index is 14.4. The van der Waals surface area contributed by atoms with Crippen molar-refractivity contribution in [2.75, 3.05) is 20.1 Å². The van der Waals surface area contributed by atoms with Crippen LogP contribution in [0.3, 0.4) is 0 Å². The Labute approximate surface area is 152 Å². The molecule has 3 aliphatic rings. The third-order valence-corrected chi connectivity index (χ3v) is 5.86. The van der Waals surface area contributed by atoms with Gasteiger partial charge in [0.15, 0.2) is 0 Å². The molecular weight excluding hydrogens is 329 g/mol. The van der Waals surface area contributed by atoms with Crippen molar-refractivity contribution < 1.29 is 9.13 Å². The fourth-order valence-corrected chi connectivity index (χ4v) is 4.39. The highest BCUT2D eigenvalue weighted by Crippen LogP contribution is 2.49. The number of hydrogen-bond donors (Lipinski definition) is 0. The van der Waals surface area contributed by atoms with Gasteiger partial charge in [0.05, 0.1) is 11.8 Å². The molecule has 4 nitrogen and oxygen atoms in total. The molecule has 0 aromatic heterocycles. The van der Waals surface area contributed by atoms with Crippen molar-refractivity contribution >= 4 is 5.71 Å². The van der Waals surface area contributed by atoms with E-state index in [9.17, 15) is 4.39 Å². The van der Waals surface area contributed by atoms with Crippen LogP contribution < -0.4 is 4.74 Å². The number of piperidine rings is 1. The van der Waals surface area contributed by atoms with Gasteiger partial charge in [-0.15, -0.1) is 0 Å². The lowest BCUT2D eigenvalue weighted by Gasteiger charge is -2.50. The molecule has 0 radical (unpaired) electrons. The minimum atomic E-state index is -0.432. The monoisotopic (exact) mass is 351 g/mol. The fraction of sp³-hybridized carbons (Fsp3) is 0.381. The highest BCUT2D eigenvalue weighted by Gasteiger charge is 2.51. The molecule has 5 heteroatoms. The van der Waals surface area contributed by atoms with Crippen LogP contribution in [-0.4, -0.2) is 41.5 Å². The van der Waals surface area contributed by atoms with Gasteiger partial charge in [-0.1, -0.05) is 36.4 Å². The van der Waals surface area contributed by atoms with Crippen LogP contribution >= 0.6 is 0 Å². The van der Waals surface area contributed by atoms with Gasteiger partial charge in [-0.3, -0.25) is 0 Å². The molecule has 0 unspecified atom stereocenters. The van der Waals surface area contributed by atoms with Crippen LogP contribution in [0.2, 0.25) is 0 Å². The summed E-state index contributed by atoms with van der Waals surface area (Å²) in [6, 6.07) is 15.2. The molecule has 2 aromatic rings. The van der Waals surface area contributed by atoms with E-state index in [-0.39, 0.29) is 11.9 Å². The second-order valence-electron chi connectivity index (χ2n) is 7.48. The van der Waals surface area contributed by atoms with Crippen LogP contribution in [-0.2, 0) is 0 Å². The Morgan fingerprint density at radius 3 is 2.62 bits per heavy atom. The Morgan fingerprint density at radius 2 is 1.81 bits per heavy atom. The molecule has 0 N–H and O–H groups in total. The Morgan fingerprint density at radius 1 is 1.08 bits per heavy atom. The van der Waals surface area contributed by atoms with Crippen LogP contribution in [0.4, 0.5) is 4.39 Å². The standard InChI is InChI=1S/C21H22FN3O/c1-24-12-10-21(11-13-24)25-19(16-7-3-5-9-20(16)26-21)14-18(23-25)15-6-2-4-8-17(15)22/h2-9,19H,10-14H2,1H3/t19-/m1/s1. The van der Waals surface area contributed by atoms with Crippen LogP contribution in [0, 0.1) is 5.82 Å². The van der Waals surface area contributed by atoms with E-state index < -0.39 is 5.72 Å². The second kappa shape index (κ2) is 5.81. The average molecular weight is 351 g/mol. The molecule has 0 saturated carbocycles. The van der Waals surface area contributed by atoms with Gasteiger partial charge in [0.25, 0.3) is 0 Å². The van der Waals surface area contributed by atoms with Gasteiger partial charge in [-0.05, 0) is 19.2 Å². The van der Waals surface area contributed by atoms with Crippen molar-refractivity contribution in [3.8, 4) is 5.75 Å². The lowest BCUT2D eigenvalue weighted by Crippen LogP contribution is -2.58. The first-order chi connectivity index (χ1) is 12.7. The molecule has 0 aliphatic carbocycles. The van der Waals surface area contributed by atoms with Gasteiger partial charge in [-0.25, -0.2) is 9.40 Å². The molecule has 3 heterocycles. The summed E-state index contributed by atoms with van der Waals surface area (Å²) in [7, 11) is 2.14. The summed E-state index contributed by atoms with van der Waals surface area (Å²) in [5.41, 5.74) is 2.12. The number of likely N-dealkylation sites (tertiary alicyclic amines) is 1. The van der Waals surface area contributed by atoms with E-state index in [4.69, 9.17) is 9.84 Å². The maximum Gasteiger partial charge on any atom is 0.200 e. The van der Waals surface area contributed by atoms with Crippen molar-refractivity contribution in [2.24, 2.45) is 5.10 Å². The number of rotatable bonds is 1. The van der Waals surface area contributed by atoms with Crippen molar-refractivity contribution in [3.05, 3.63) is 65.5 Å². The topological polar surface area (TPSA) is 28.1 Å². The van der Waals surface area contributed by atoms with Gasteiger partial charge in [-0.2, -0.15) is 5.10 Å². The molecule has 0 bridgehead atoms. The predicted molar refractivity (Wildman–Crippen MR) is 98.7 cm³/mol. The summed E-state index contributed by atoms with van der Waals surface area (Å²) < 4.78 is 20.9. The average Bonchev–Trinajstić information content (AvgIpc) is 3.11. The summed E-state index contributed by atoms with van der Waals surface area (Å²) in [6.45, 7) is 1.94. The zero-order valence-electron chi connectivity index (χ0n) is 14.9. The number of hydrogen-bond acceptors (Lipinski definition) is 4. The molecule has 5 rings (SSSR count). The zero-order chi connectivity index (χ0) is 17.7. The van der Waals surface area contributed by atoms with Gasteiger partial charge in [0.1, 0.15) is 11.6 Å². The molecule has 1 saturated heterocycles. The molecule has 1 atom stereocenters. The van der Waals surface area contributed by atoms with Gasteiger partial charge < -0.3 is 9.64 Å². The Balaban J connectivity index is 1.60. The minimum Gasteiger partial charge on any atom is -0.466 e. The molecule has 0 amide bonds.